The lowest BCUT2D eigenvalue weighted by Gasteiger charge is -2.25. The lowest BCUT2D eigenvalue weighted by atomic mass is 9.87. The van der Waals surface area contributed by atoms with Crippen molar-refractivity contribution >= 4 is 39.7 Å². The molecule has 0 spiro atoms. The van der Waals surface area contributed by atoms with Gasteiger partial charge in [0.2, 0.25) is 15.9 Å². The first-order chi connectivity index (χ1) is 10.0. The highest BCUT2D eigenvalue weighted by atomic mass is 35.5. The van der Waals surface area contributed by atoms with E-state index >= 15 is 0 Å². The van der Waals surface area contributed by atoms with Gasteiger partial charge in [0.15, 0.2) is 0 Å². The molecule has 0 radical (unpaired) electrons. The molecule has 0 aliphatic carbocycles. The first kappa shape index (κ1) is 21.7. The van der Waals surface area contributed by atoms with Crippen molar-refractivity contribution < 1.29 is 13.2 Å². The number of benzene rings is 1. The Balaban J connectivity index is 0.00000484. The SMILES string of the molecule is CCCS(=O)(=O)Nc1ccc(NC(=O)[C@@H](N)C(C)(C)C)cc1.Cl. The third-order valence-electron chi connectivity index (χ3n) is 3.11. The molecule has 1 aromatic rings. The minimum absolute atomic E-state index is 0. The second-order valence-corrected chi connectivity index (χ2v) is 8.17. The minimum atomic E-state index is -3.31. The van der Waals surface area contributed by atoms with E-state index in [-0.39, 0.29) is 29.5 Å². The summed E-state index contributed by atoms with van der Waals surface area (Å²) in [6.45, 7) is 7.48. The van der Waals surface area contributed by atoms with E-state index < -0.39 is 16.1 Å². The molecule has 0 saturated heterocycles. The van der Waals surface area contributed by atoms with E-state index in [4.69, 9.17) is 5.73 Å². The first-order valence-corrected chi connectivity index (χ1v) is 8.87. The molecule has 132 valence electrons. The third kappa shape index (κ3) is 7.20. The molecule has 1 amide bonds. The van der Waals surface area contributed by atoms with Crippen LogP contribution in [-0.4, -0.2) is 26.1 Å². The number of carbonyl (C=O) groups excluding carboxylic acids is 1. The van der Waals surface area contributed by atoms with Crippen LogP contribution in [0.2, 0.25) is 0 Å². The molecule has 8 heteroatoms. The van der Waals surface area contributed by atoms with E-state index in [1.807, 2.05) is 20.8 Å². The number of amides is 1. The van der Waals surface area contributed by atoms with E-state index in [0.29, 0.717) is 17.8 Å². The predicted molar refractivity (Wildman–Crippen MR) is 97.5 cm³/mol. The molecule has 1 atom stereocenters. The summed E-state index contributed by atoms with van der Waals surface area (Å²) in [5.41, 5.74) is 6.59. The van der Waals surface area contributed by atoms with Gasteiger partial charge in [0, 0.05) is 11.4 Å². The summed E-state index contributed by atoms with van der Waals surface area (Å²) in [5.74, 6) is -0.196. The number of rotatable bonds is 6. The molecular formula is C15H26ClN3O3S. The summed E-state index contributed by atoms with van der Waals surface area (Å²) in [4.78, 5) is 12.0. The summed E-state index contributed by atoms with van der Waals surface area (Å²) in [6.07, 6.45) is 0.550. The minimum Gasteiger partial charge on any atom is -0.325 e. The molecular weight excluding hydrogens is 338 g/mol. The van der Waals surface area contributed by atoms with E-state index in [2.05, 4.69) is 10.0 Å². The number of carbonyl (C=O) groups is 1. The zero-order valence-corrected chi connectivity index (χ0v) is 15.6. The highest BCUT2D eigenvalue weighted by Gasteiger charge is 2.27. The summed E-state index contributed by atoms with van der Waals surface area (Å²) >= 11 is 0. The second-order valence-electron chi connectivity index (χ2n) is 6.33. The van der Waals surface area contributed by atoms with Crippen LogP contribution in [0.1, 0.15) is 34.1 Å². The van der Waals surface area contributed by atoms with Gasteiger partial charge >= 0.3 is 0 Å². The normalized spacial score (nSPS) is 12.9. The van der Waals surface area contributed by atoms with Crippen molar-refractivity contribution in [2.24, 2.45) is 11.1 Å². The molecule has 23 heavy (non-hydrogen) atoms. The number of hydrogen-bond acceptors (Lipinski definition) is 4. The number of hydrogen-bond donors (Lipinski definition) is 3. The van der Waals surface area contributed by atoms with Crippen molar-refractivity contribution in [1.82, 2.24) is 0 Å². The van der Waals surface area contributed by atoms with Gasteiger partial charge in [-0.2, -0.15) is 0 Å². The van der Waals surface area contributed by atoms with Crippen molar-refractivity contribution in [3.63, 3.8) is 0 Å². The van der Waals surface area contributed by atoms with Gasteiger partial charge < -0.3 is 11.1 Å². The van der Waals surface area contributed by atoms with Crippen molar-refractivity contribution in [2.75, 3.05) is 15.8 Å². The molecule has 0 aliphatic heterocycles. The van der Waals surface area contributed by atoms with Gasteiger partial charge in [0.05, 0.1) is 11.8 Å². The quantitative estimate of drug-likeness (QED) is 0.722. The summed E-state index contributed by atoms with van der Waals surface area (Å²) in [7, 11) is -3.31. The maximum atomic E-state index is 12.0. The van der Waals surface area contributed by atoms with Crippen LogP contribution in [0.15, 0.2) is 24.3 Å². The number of halogens is 1. The highest BCUT2D eigenvalue weighted by Crippen LogP contribution is 2.20. The molecule has 6 nitrogen and oxygen atoms in total. The molecule has 0 heterocycles. The van der Waals surface area contributed by atoms with Gasteiger partial charge in [-0.3, -0.25) is 9.52 Å². The average molecular weight is 364 g/mol. The average Bonchev–Trinajstić information content (AvgIpc) is 2.38. The maximum Gasteiger partial charge on any atom is 0.241 e. The summed E-state index contributed by atoms with van der Waals surface area (Å²) < 4.78 is 25.8. The molecule has 0 aromatic heterocycles. The molecule has 0 saturated carbocycles. The van der Waals surface area contributed by atoms with Crippen molar-refractivity contribution in [3.05, 3.63) is 24.3 Å². The number of nitrogens with one attached hydrogen (secondary N) is 2. The fourth-order valence-electron chi connectivity index (χ4n) is 1.73. The van der Waals surface area contributed by atoms with Crippen LogP contribution in [-0.2, 0) is 14.8 Å². The summed E-state index contributed by atoms with van der Waals surface area (Å²) in [5, 5.41) is 2.72. The topological polar surface area (TPSA) is 101 Å². The fourth-order valence-corrected chi connectivity index (χ4v) is 2.87. The number of sulfonamides is 1. The zero-order chi connectivity index (χ0) is 17.0. The van der Waals surface area contributed by atoms with Crippen LogP contribution in [0.25, 0.3) is 0 Å². The highest BCUT2D eigenvalue weighted by molar-refractivity contribution is 7.92. The van der Waals surface area contributed by atoms with Crippen molar-refractivity contribution in [3.8, 4) is 0 Å². The lowest BCUT2D eigenvalue weighted by Crippen LogP contribution is -2.45. The van der Waals surface area contributed by atoms with Gasteiger partial charge in [0.25, 0.3) is 0 Å². The van der Waals surface area contributed by atoms with Gasteiger partial charge in [0.1, 0.15) is 0 Å². The Hall–Kier alpha value is -1.31. The van der Waals surface area contributed by atoms with E-state index in [1.165, 1.54) is 0 Å². The van der Waals surface area contributed by atoms with Crippen LogP contribution >= 0.6 is 12.4 Å². The van der Waals surface area contributed by atoms with Gasteiger partial charge in [-0.1, -0.05) is 27.7 Å². The Bertz CT molecular complexity index is 610. The van der Waals surface area contributed by atoms with Crippen LogP contribution in [0, 0.1) is 5.41 Å². The van der Waals surface area contributed by atoms with Crippen LogP contribution in [0.3, 0.4) is 0 Å². The Morgan fingerprint density at radius 1 is 1.17 bits per heavy atom. The number of anilines is 2. The lowest BCUT2D eigenvalue weighted by molar-refractivity contribution is -0.119. The van der Waals surface area contributed by atoms with Crippen LogP contribution < -0.4 is 15.8 Å². The van der Waals surface area contributed by atoms with Crippen molar-refractivity contribution in [2.45, 2.75) is 40.2 Å². The Kier molecular flexibility index (Phi) is 8.03. The molecule has 0 unspecified atom stereocenters. The van der Waals surface area contributed by atoms with E-state index in [0.717, 1.165) is 0 Å². The Morgan fingerprint density at radius 3 is 2.09 bits per heavy atom. The Labute approximate surface area is 144 Å². The molecule has 0 fully saturated rings. The molecule has 0 bridgehead atoms. The Morgan fingerprint density at radius 2 is 1.65 bits per heavy atom. The molecule has 1 aromatic carbocycles. The second kappa shape index (κ2) is 8.52. The first-order valence-electron chi connectivity index (χ1n) is 7.22. The summed E-state index contributed by atoms with van der Waals surface area (Å²) in [6, 6.07) is 5.85. The largest absolute Gasteiger partial charge is 0.325 e. The van der Waals surface area contributed by atoms with Crippen molar-refractivity contribution in [1.29, 1.82) is 0 Å². The third-order valence-corrected chi connectivity index (χ3v) is 4.61. The van der Waals surface area contributed by atoms with Gasteiger partial charge in [-0.25, -0.2) is 8.42 Å². The van der Waals surface area contributed by atoms with Crippen LogP contribution in [0.4, 0.5) is 11.4 Å². The molecule has 0 aliphatic rings. The van der Waals surface area contributed by atoms with Gasteiger partial charge in [-0.05, 0) is 36.1 Å². The standard InChI is InChI=1S/C15H25N3O3S.ClH/c1-5-10-22(20,21)18-12-8-6-11(7-9-12)17-14(19)13(16)15(2,3)4;/h6-9,13,18H,5,10,16H2,1-4H3,(H,17,19);1H/t13-;/m1./s1. The van der Waals surface area contributed by atoms with Gasteiger partial charge in [-0.15, -0.1) is 12.4 Å². The number of nitrogens with two attached hydrogens (primary N) is 1. The molecule has 4 N–H and O–H groups in total. The van der Waals surface area contributed by atoms with E-state index in [1.54, 1.807) is 31.2 Å². The molecule has 1 rings (SSSR count). The fraction of sp³-hybridized carbons (Fsp3) is 0.533. The monoisotopic (exact) mass is 363 g/mol. The maximum absolute atomic E-state index is 12.0. The zero-order valence-electron chi connectivity index (χ0n) is 13.9. The van der Waals surface area contributed by atoms with Crippen LogP contribution in [0.5, 0.6) is 0 Å². The predicted octanol–water partition coefficient (Wildman–Crippen LogP) is 2.57. The smallest absolute Gasteiger partial charge is 0.241 e. The van der Waals surface area contributed by atoms with E-state index in [9.17, 15) is 13.2 Å².